The van der Waals surface area contributed by atoms with Crippen molar-refractivity contribution >= 4 is 19.4 Å². The fourth-order valence-electron chi connectivity index (χ4n) is 5.83. The maximum Gasteiger partial charge on any atom is 0.473 e. The Balaban J connectivity index is 5.16. The highest BCUT2D eigenvalue weighted by atomic mass is 31.2. The third kappa shape index (κ3) is 24.9. The summed E-state index contributed by atoms with van der Waals surface area (Å²) in [5.41, 5.74) is -2.67. The molecule has 10 heteroatoms. The number of quaternary nitrogens is 1. The number of rotatable bonds is 36. The molecule has 0 aliphatic carbocycles. The smallest absolute Gasteiger partial charge is 0.394 e. The number of hydrogen-bond acceptors (Lipinski definition) is 7. The Morgan fingerprint density at radius 2 is 1.02 bits per heavy atom. The molecule has 0 aliphatic heterocycles. The highest BCUT2D eigenvalue weighted by molar-refractivity contribution is 7.47. The number of likely N-dealkylation sites (N-methyl/N-ethyl adjacent to an activating group) is 1. The van der Waals surface area contributed by atoms with Gasteiger partial charge in [-0.05, 0) is 64.2 Å². The molecule has 0 spiro atoms. The van der Waals surface area contributed by atoms with Gasteiger partial charge >= 0.3 is 7.82 Å². The number of ketones is 2. The van der Waals surface area contributed by atoms with Crippen molar-refractivity contribution in [3.8, 4) is 0 Å². The number of nitrogens with zero attached hydrogens (tertiary/aromatic N) is 1. The van der Waals surface area contributed by atoms with Gasteiger partial charge in [0.05, 0.1) is 27.7 Å². The van der Waals surface area contributed by atoms with Crippen molar-refractivity contribution < 1.29 is 42.8 Å². The van der Waals surface area contributed by atoms with Gasteiger partial charge in [0.2, 0.25) is 5.60 Å². The largest absolute Gasteiger partial charge is 0.473 e. The Morgan fingerprint density at radius 3 is 1.38 bits per heavy atom. The van der Waals surface area contributed by atoms with E-state index in [1.54, 1.807) is 0 Å². The second-order valence-electron chi connectivity index (χ2n) is 14.9. The monoisotopic (exact) mass is 731 g/mol. The molecule has 0 saturated carbocycles. The lowest BCUT2D eigenvalue weighted by atomic mass is 9.82. The maximum absolute atomic E-state index is 13.7. The number of phosphoric ester groups is 1. The topological polar surface area (TPSA) is 130 Å². The van der Waals surface area contributed by atoms with Crippen molar-refractivity contribution in [2.24, 2.45) is 0 Å². The fraction of sp³-hybridized carbons (Fsp3) is 0.850. The standard InChI is InChI=1S/C40H76NO8P/c1-6-8-10-12-14-16-18-20-22-24-26-28-30-32-37(43)40(39(45)36-42,49-50(46,47)48-35-34-41(3,4)5)38(44)33-31-29-27-25-23-21-19-17-15-13-11-9-7-2/h16-19,39,42,45H,6-15,20-36H2,1-5H3/p+1/t39-,40?/m0/s1. The van der Waals surface area contributed by atoms with E-state index in [4.69, 9.17) is 9.05 Å². The number of Topliss-reactive ketones (excluding diaryl/α,β-unsaturated/α-hetero) is 2. The Bertz CT molecular complexity index is 913. The van der Waals surface area contributed by atoms with Gasteiger partial charge in [0.1, 0.15) is 19.3 Å². The van der Waals surface area contributed by atoms with Gasteiger partial charge in [-0.15, -0.1) is 0 Å². The highest BCUT2D eigenvalue weighted by Crippen LogP contribution is 2.49. The molecular weight excluding hydrogens is 653 g/mol. The van der Waals surface area contributed by atoms with E-state index in [2.05, 4.69) is 38.2 Å². The molecule has 0 aromatic carbocycles. The summed E-state index contributed by atoms with van der Waals surface area (Å²) < 4.78 is 24.1. The summed E-state index contributed by atoms with van der Waals surface area (Å²) in [6.07, 6.45) is 29.5. The van der Waals surface area contributed by atoms with Gasteiger partial charge in [-0.1, -0.05) is 115 Å². The maximum atomic E-state index is 13.7. The Hall–Kier alpha value is -1.19. The molecule has 0 aromatic heterocycles. The molecule has 0 aromatic rings. The van der Waals surface area contributed by atoms with Gasteiger partial charge in [-0.25, -0.2) is 4.57 Å². The zero-order valence-electron chi connectivity index (χ0n) is 32.8. The second-order valence-corrected chi connectivity index (χ2v) is 16.3. The van der Waals surface area contributed by atoms with Gasteiger partial charge in [0.25, 0.3) is 0 Å². The summed E-state index contributed by atoms with van der Waals surface area (Å²) >= 11 is 0. The molecule has 0 fully saturated rings. The first-order chi connectivity index (χ1) is 23.9. The van der Waals surface area contributed by atoms with Crippen molar-refractivity contribution in [1.82, 2.24) is 0 Å². The lowest BCUT2D eigenvalue weighted by Crippen LogP contribution is -2.58. The van der Waals surface area contributed by atoms with E-state index in [1.807, 2.05) is 21.1 Å². The number of hydrogen-bond donors (Lipinski definition) is 3. The lowest BCUT2D eigenvalue weighted by molar-refractivity contribution is -0.870. The van der Waals surface area contributed by atoms with Crippen LogP contribution in [0.1, 0.15) is 168 Å². The van der Waals surface area contributed by atoms with Crippen molar-refractivity contribution in [2.45, 2.75) is 180 Å². The van der Waals surface area contributed by atoms with Crippen LogP contribution in [0, 0.1) is 0 Å². The molecule has 0 heterocycles. The molecule has 0 amide bonds. The summed E-state index contributed by atoms with van der Waals surface area (Å²) in [6.45, 7) is 3.66. The van der Waals surface area contributed by atoms with Crippen LogP contribution in [0.3, 0.4) is 0 Å². The van der Waals surface area contributed by atoms with E-state index in [0.29, 0.717) is 23.9 Å². The van der Waals surface area contributed by atoms with E-state index < -0.39 is 37.7 Å². The molecule has 9 nitrogen and oxygen atoms in total. The zero-order chi connectivity index (χ0) is 37.6. The quantitative estimate of drug-likeness (QED) is 0.0191. The summed E-state index contributed by atoms with van der Waals surface area (Å²) in [5, 5.41) is 20.9. The first-order valence-electron chi connectivity index (χ1n) is 20.0. The number of aliphatic hydroxyl groups excluding tert-OH is 2. The van der Waals surface area contributed by atoms with E-state index >= 15 is 0 Å². The van der Waals surface area contributed by atoms with Crippen LogP contribution in [0.5, 0.6) is 0 Å². The third-order valence-corrected chi connectivity index (χ3v) is 10.1. The molecule has 0 rings (SSSR count). The van der Waals surface area contributed by atoms with E-state index in [0.717, 1.165) is 77.0 Å². The number of unbranched alkanes of at least 4 members (excludes halogenated alkanes) is 18. The summed E-state index contributed by atoms with van der Waals surface area (Å²) in [4.78, 5) is 38.1. The van der Waals surface area contributed by atoms with Crippen molar-refractivity contribution in [3.05, 3.63) is 24.3 Å². The van der Waals surface area contributed by atoms with E-state index in [-0.39, 0.29) is 19.4 Å². The molecule has 2 atom stereocenters. The van der Waals surface area contributed by atoms with E-state index in [1.165, 1.54) is 51.4 Å². The van der Waals surface area contributed by atoms with Crippen LogP contribution in [-0.2, 0) is 23.2 Å². The second kappa shape index (κ2) is 30.3. The zero-order valence-corrected chi connectivity index (χ0v) is 33.7. The van der Waals surface area contributed by atoms with Crippen LogP contribution in [0.4, 0.5) is 0 Å². The fourth-order valence-corrected chi connectivity index (χ4v) is 6.89. The van der Waals surface area contributed by atoms with Gasteiger partial charge in [-0.3, -0.25) is 18.6 Å². The number of allylic oxidation sites excluding steroid dienone is 4. The minimum Gasteiger partial charge on any atom is -0.394 e. The van der Waals surface area contributed by atoms with E-state index in [9.17, 15) is 29.3 Å². The normalized spacial score (nSPS) is 15.4. The van der Waals surface area contributed by atoms with Crippen molar-refractivity contribution in [1.29, 1.82) is 0 Å². The molecule has 0 radical (unpaired) electrons. The Kier molecular flexibility index (Phi) is 29.6. The van der Waals surface area contributed by atoms with Gasteiger partial charge < -0.3 is 19.6 Å². The minimum atomic E-state index is -4.95. The third-order valence-electron chi connectivity index (χ3n) is 9.08. The number of aliphatic hydroxyl groups is 2. The first kappa shape index (κ1) is 48.8. The van der Waals surface area contributed by atoms with Crippen LogP contribution in [0.2, 0.25) is 0 Å². The van der Waals surface area contributed by atoms with Crippen LogP contribution in [0.25, 0.3) is 0 Å². The highest BCUT2D eigenvalue weighted by Gasteiger charge is 2.55. The van der Waals surface area contributed by atoms with Gasteiger partial charge in [-0.2, -0.15) is 0 Å². The van der Waals surface area contributed by atoms with Gasteiger partial charge in [0, 0.05) is 12.8 Å². The predicted molar refractivity (Wildman–Crippen MR) is 206 cm³/mol. The van der Waals surface area contributed by atoms with Crippen molar-refractivity contribution in [2.75, 3.05) is 40.9 Å². The first-order valence-corrected chi connectivity index (χ1v) is 21.5. The molecule has 50 heavy (non-hydrogen) atoms. The Morgan fingerprint density at radius 1 is 0.660 bits per heavy atom. The molecular formula is C40H77NO8P+. The van der Waals surface area contributed by atoms with Gasteiger partial charge in [0.15, 0.2) is 11.6 Å². The Labute approximate surface area is 306 Å². The lowest BCUT2D eigenvalue weighted by Gasteiger charge is -2.35. The molecule has 294 valence electrons. The van der Waals surface area contributed by atoms with Crippen LogP contribution in [-0.4, -0.2) is 83.8 Å². The van der Waals surface area contributed by atoms with Crippen LogP contribution in [0.15, 0.2) is 24.3 Å². The molecule has 0 aliphatic rings. The minimum absolute atomic E-state index is 0.120. The molecule has 3 N–H and O–H groups in total. The summed E-state index contributed by atoms with van der Waals surface area (Å²) in [6, 6.07) is 0. The van der Waals surface area contributed by atoms with Crippen molar-refractivity contribution in [3.63, 3.8) is 0 Å². The summed E-state index contributed by atoms with van der Waals surface area (Å²) in [5.74, 6) is -1.58. The molecule has 0 saturated heterocycles. The average Bonchev–Trinajstić information content (AvgIpc) is 3.06. The average molecular weight is 731 g/mol. The number of carbonyl (C=O) groups excluding carboxylic acids is 2. The number of phosphoric acid groups is 1. The van der Waals surface area contributed by atoms with Crippen LogP contribution < -0.4 is 0 Å². The predicted octanol–water partition coefficient (Wildman–Crippen LogP) is 9.57. The SMILES string of the molecule is CCCCCCC=CCCCCCCCC(=O)C(OP(=O)(O)OCC[N+](C)(C)C)(C(=O)CCCCCCCC=CCCCCCC)[C@@H](O)CO. The number of carbonyl (C=O) groups is 2. The van der Waals surface area contributed by atoms with Crippen LogP contribution >= 0.6 is 7.82 Å². The molecule has 1 unspecified atom stereocenters. The molecule has 0 bridgehead atoms. The summed E-state index contributed by atoms with van der Waals surface area (Å²) in [7, 11) is 0.707.